The normalized spacial score (nSPS) is 60.4. The average molecular weight is 573 g/mol. The van der Waals surface area contributed by atoms with Gasteiger partial charge in [-0.05, 0) is 0 Å². The van der Waals surface area contributed by atoms with Crippen molar-refractivity contribution in [2.24, 2.45) is 0 Å². The molecule has 4 bridgehead atoms. The molecule has 0 saturated carbocycles. The summed E-state index contributed by atoms with van der Waals surface area (Å²) < 4.78 is 58.3. The van der Waals surface area contributed by atoms with Gasteiger partial charge in [0.25, 0.3) is 0 Å². The van der Waals surface area contributed by atoms with Crippen LogP contribution in [0.3, 0.4) is 0 Å². The summed E-state index contributed by atoms with van der Waals surface area (Å²) in [6.45, 7) is 11.0. The highest BCUT2D eigenvalue weighted by Crippen LogP contribution is 2.40. The molecule has 3 aliphatic heterocycles. The summed E-state index contributed by atoms with van der Waals surface area (Å²) in [5.41, 5.74) is 0. The molecule has 0 spiro atoms. The molecule has 30 heavy (non-hydrogen) atoms. The minimum absolute atomic E-state index is 1.29. The first kappa shape index (κ1) is 25.8. The van der Waals surface area contributed by atoms with Gasteiger partial charge < -0.3 is 60.3 Å². The van der Waals surface area contributed by atoms with Crippen LogP contribution < -0.4 is 0 Å². The van der Waals surface area contributed by atoms with E-state index in [4.69, 9.17) is 41.2 Å². The second kappa shape index (κ2) is 7.33. The standard InChI is InChI=1S/C8H28O14Si8/c1-23(9)13-24(2,10)16-28(6)19-27(5,15-23)21-29(7)17-25(3,11)14-26(4,12)18-30(8,20-29)22-28/h9-12H,1-8H3. The maximum absolute atomic E-state index is 10.6. The topological polar surface area (TPSA) is 173 Å². The predicted octanol–water partition coefficient (Wildman–Crippen LogP) is -1.29. The molecule has 3 fully saturated rings. The lowest BCUT2D eigenvalue weighted by Crippen LogP contribution is -2.79. The first-order valence-corrected chi connectivity index (χ1v) is 26.9. The molecule has 0 amide bonds. The van der Waals surface area contributed by atoms with Gasteiger partial charge in [0.2, 0.25) is 0 Å². The van der Waals surface area contributed by atoms with Crippen LogP contribution in [0.4, 0.5) is 0 Å². The Morgan fingerprint density at radius 2 is 0.467 bits per heavy atom. The molecule has 0 aromatic heterocycles. The highest BCUT2D eigenvalue weighted by atomic mass is 28.6. The second-order valence-electron chi connectivity index (χ2n) is 8.06. The van der Waals surface area contributed by atoms with Crippen molar-refractivity contribution in [3.63, 3.8) is 0 Å². The van der Waals surface area contributed by atoms with E-state index in [2.05, 4.69) is 0 Å². The van der Waals surface area contributed by atoms with Gasteiger partial charge in [0.1, 0.15) is 0 Å². The molecular formula is C8H28O14Si8. The smallest absolute Gasteiger partial charge is 0.391 e. The van der Waals surface area contributed by atoms with Gasteiger partial charge >= 0.3 is 70.4 Å². The summed E-state index contributed by atoms with van der Waals surface area (Å²) in [5, 5.41) is 0. The summed E-state index contributed by atoms with van der Waals surface area (Å²) in [6, 6.07) is 0. The molecule has 22 heteroatoms. The van der Waals surface area contributed by atoms with Gasteiger partial charge in [-0.1, -0.05) is 0 Å². The summed E-state index contributed by atoms with van der Waals surface area (Å²) >= 11 is 0. The van der Waals surface area contributed by atoms with E-state index in [-0.39, 0.29) is 0 Å². The predicted molar refractivity (Wildman–Crippen MR) is 113 cm³/mol. The SMILES string of the molecule is C[Si]1(O)O[Si](C)(O)O[Si]2(C)O[Si](C)(O1)O[Si]1(C)O[Si](C)(O)O[Si](C)(O)O[Si](C)(O1)O2. The van der Waals surface area contributed by atoms with Gasteiger partial charge in [0.05, 0.1) is 0 Å². The van der Waals surface area contributed by atoms with Crippen LogP contribution in [0.1, 0.15) is 0 Å². The van der Waals surface area contributed by atoms with E-state index in [1.807, 2.05) is 0 Å². The first-order valence-electron chi connectivity index (χ1n) is 8.98. The monoisotopic (exact) mass is 572 g/mol. The summed E-state index contributed by atoms with van der Waals surface area (Å²) in [4.78, 5) is 42.5. The molecule has 0 aliphatic carbocycles. The minimum atomic E-state index is -3.97. The Hall–Kier alpha value is 1.18. The van der Waals surface area contributed by atoms with Crippen LogP contribution in [0.15, 0.2) is 0 Å². The third-order valence-corrected chi connectivity index (χ3v) is 33.7. The minimum Gasteiger partial charge on any atom is -0.391 e. The maximum Gasteiger partial charge on any atom is 0.480 e. The van der Waals surface area contributed by atoms with Crippen LogP contribution in [0.5, 0.6) is 0 Å². The van der Waals surface area contributed by atoms with Gasteiger partial charge in [-0.3, -0.25) is 0 Å². The van der Waals surface area contributed by atoms with Crippen molar-refractivity contribution >= 4 is 70.4 Å². The Labute approximate surface area is 183 Å². The number of fused-ring (bicyclic) bond motifs is 4. The lowest BCUT2D eigenvalue weighted by atomic mass is 11.9. The number of hydrogen-bond donors (Lipinski definition) is 4. The fraction of sp³-hybridized carbons (Fsp3) is 1.00. The van der Waals surface area contributed by atoms with Crippen molar-refractivity contribution in [2.75, 3.05) is 0 Å². The van der Waals surface area contributed by atoms with E-state index < -0.39 is 70.4 Å². The van der Waals surface area contributed by atoms with Gasteiger partial charge in [0, 0.05) is 52.4 Å². The third-order valence-electron chi connectivity index (χ3n) is 3.74. The van der Waals surface area contributed by atoms with Crippen molar-refractivity contribution in [2.45, 2.75) is 52.4 Å². The maximum atomic E-state index is 10.6. The fourth-order valence-electron chi connectivity index (χ4n) is 3.76. The van der Waals surface area contributed by atoms with Crippen molar-refractivity contribution < 1.29 is 60.3 Å². The summed E-state index contributed by atoms with van der Waals surface area (Å²) in [6.07, 6.45) is 0. The van der Waals surface area contributed by atoms with Gasteiger partial charge in [-0.2, -0.15) is 0 Å². The molecule has 176 valence electrons. The van der Waals surface area contributed by atoms with E-state index >= 15 is 0 Å². The van der Waals surface area contributed by atoms with E-state index in [1.54, 1.807) is 0 Å². The van der Waals surface area contributed by atoms with E-state index in [0.29, 0.717) is 0 Å². The third kappa shape index (κ3) is 6.19. The van der Waals surface area contributed by atoms with Crippen LogP contribution in [-0.4, -0.2) is 89.6 Å². The highest BCUT2D eigenvalue weighted by Gasteiger charge is 2.71. The molecule has 4 atom stereocenters. The first-order chi connectivity index (χ1) is 13.1. The summed E-state index contributed by atoms with van der Waals surface area (Å²) in [7, 11) is -31.3. The highest BCUT2D eigenvalue weighted by molar-refractivity contribution is 6.96. The molecule has 3 heterocycles. The molecule has 0 aromatic rings. The molecule has 3 rings (SSSR count). The molecule has 14 nitrogen and oxygen atoms in total. The molecule has 4 unspecified atom stereocenters. The lowest BCUT2D eigenvalue weighted by Gasteiger charge is -2.52. The Kier molecular flexibility index (Phi) is 6.31. The van der Waals surface area contributed by atoms with Crippen LogP contribution >= 0.6 is 0 Å². The molecule has 4 N–H and O–H groups in total. The van der Waals surface area contributed by atoms with E-state index in [1.165, 1.54) is 52.4 Å². The zero-order valence-electron chi connectivity index (χ0n) is 17.9. The number of hydrogen-bond acceptors (Lipinski definition) is 14. The van der Waals surface area contributed by atoms with Crippen molar-refractivity contribution in [3.05, 3.63) is 0 Å². The average Bonchev–Trinajstić information content (AvgIpc) is 2.22. The second-order valence-corrected chi connectivity index (χ2v) is 30.3. The lowest BCUT2D eigenvalue weighted by molar-refractivity contribution is 0.0260. The van der Waals surface area contributed by atoms with Gasteiger partial charge in [-0.25, -0.2) is 0 Å². The van der Waals surface area contributed by atoms with E-state index in [9.17, 15) is 19.2 Å². The quantitative estimate of drug-likeness (QED) is 0.252. The Morgan fingerprint density at radius 3 is 0.633 bits per heavy atom. The zero-order valence-corrected chi connectivity index (χ0v) is 25.9. The van der Waals surface area contributed by atoms with Crippen molar-refractivity contribution in [1.29, 1.82) is 0 Å². The molecule has 0 radical (unpaired) electrons. The Bertz CT molecular complexity index is 599. The van der Waals surface area contributed by atoms with Crippen molar-refractivity contribution in [3.8, 4) is 0 Å². The molecule has 3 aliphatic rings. The Morgan fingerprint density at radius 1 is 0.300 bits per heavy atom. The van der Waals surface area contributed by atoms with Crippen LogP contribution in [-0.2, 0) is 41.2 Å². The molecule has 0 aromatic carbocycles. The summed E-state index contributed by atoms with van der Waals surface area (Å²) in [5.74, 6) is 0. The van der Waals surface area contributed by atoms with E-state index in [0.717, 1.165) is 0 Å². The van der Waals surface area contributed by atoms with Gasteiger partial charge in [-0.15, -0.1) is 0 Å². The number of rotatable bonds is 0. The largest absolute Gasteiger partial charge is 0.480 e. The molecule has 3 saturated heterocycles. The van der Waals surface area contributed by atoms with Crippen LogP contribution in [0.25, 0.3) is 0 Å². The fourth-order valence-corrected chi connectivity index (χ4v) is 39.8. The van der Waals surface area contributed by atoms with Gasteiger partial charge in [0.15, 0.2) is 0 Å². The Balaban J connectivity index is 2.11. The van der Waals surface area contributed by atoms with Crippen molar-refractivity contribution in [1.82, 2.24) is 0 Å². The van der Waals surface area contributed by atoms with Crippen LogP contribution in [0.2, 0.25) is 52.4 Å². The molecular weight excluding hydrogens is 545 g/mol. The zero-order chi connectivity index (χ0) is 23.1. The van der Waals surface area contributed by atoms with Crippen LogP contribution in [0, 0.1) is 0 Å².